The molecular weight excluding hydrogens is 326 g/mol. The Hall–Kier alpha value is -1.27. The first-order valence-electron chi connectivity index (χ1n) is 5.73. The molecule has 0 aliphatic heterocycles. The monoisotopic (exact) mass is 339 g/mol. The van der Waals surface area contributed by atoms with Gasteiger partial charge >= 0.3 is 0 Å². The smallest absolute Gasteiger partial charge is 0.252 e. The van der Waals surface area contributed by atoms with Crippen molar-refractivity contribution in [2.24, 2.45) is 7.05 Å². The molecule has 19 heavy (non-hydrogen) atoms. The minimum Gasteiger partial charge on any atom is -0.348 e. The van der Waals surface area contributed by atoms with Gasteiger partial charge in [0.2, 0.25) is 0 Å². The molecule has 0 aliphatic carbocycles. The summed E-state index contributed by atoms with van der Waals surface area (Å²) < 4.78 is 2.68. The van der Waals surface area contributed by atoms with Gasteiger partial charge in [0, 0.05) is 34.2 Å². The summed E-state index contributed by atoms with van der Waals surface area (Å²) in [6, 6.07) is 5.37. The average Bonchev–Trinajstić information content (AvgIpc) is 2.67. The molecule has 100 valence electrons. The molecule has 0 saturated carbocycles. The van der Waals surface area contributed by atoms with E-state index in [1.807, 2.05) is 20.0 Å². The van der Waals surface area contributed by atoms with E-state index in [4.69, 9.17) is 0 Å². The third-order valence-corrected chi connectivity index (χ3v) is 3.84. The number of amides is 1. The summed E-state index contributed by atoms with van der Waals surface area (Å²) >= 11 is 7.65. The second-order valence-corrected chi connectivity index (χ2v) is 5.62. The van der Waals surface area contributed by atoms with Gasteiger partial charge in [-0.1, -0.05) is 15.9 Å². The number of halogens is 1. The molecule has 1 aromatic heterocycles. The van der Waals surface area contributed by atoms with Gasteiger partial charge in [0.1, 0.15) is 0 Å². The quantitative estimate of drug-likeness (QED) is 0.844. The lowest BCUT2D eigenvalue weighted by atomic mass is 10.2. The van der Waals surface area contributed by atoms with Crippen LogP contribution < -0.4 is 5.32 Å². The third-order valence-electron chi connectivity index (χ3n) is 2.98. The van der Waals surface area contributed by atoms with Gasteiger partial charge in [0.05, 0.1) is 11.8 Å². The molecule has 2 aromatic rings. The highest BCUT2D eigenvalue weighted by Crippen LogP contribution is 2.19. The molecule has 0 saturated heterocycles. The lowest BCUT2D eigenvalue weighted by molar-refractivity contribution is 0.0948. The van der Waals surface area contributed by atoms with Gasteiger partial charge in [-0.15, -0.1) is 12.6 Å². The number of aromatic nitrogens is 2. The fraction of sp³-hybridized carbons (Fsp3) is 0.231. The minimum absolute atomic E-state index is 0.138. The highest BCUT2D eigenvalue weighted by Gasteiger charge is 2.11. The van der Waals surface area contributed by atoms with Gasteiger partial charge in [-0.3, -0.25) is 9.48 Å². The van der Waals surface area contributed by atoms with Gasteiger partial charge in [-0.25, -0.2) is 0 Å². The van der Waals surface area contributed by atoms with Crippen molar-refractivity contribution in [3.63, 3.8) is 0 Å². The molecule has 1 amide bonds. The molecule has 0 aliphatic rings. The zero-order chi connectivity index (χ0) is 14.0. The predicted octanol–water partition coefficient (Wildman–Crippen LogP) is 2.71. The number of carbonyl (C=O) groups excluding carboxylic acids is 1. The molecule has 0 spiro atoms. The Kier molecular flexibility index (Phi) is 4.31. The minimum atomic E-state index is -0.138. The van der Waals surface area contributed by atoms with E-state index in [-0.39, 0.29) is 5.91 Å². The number of carbonyl (C=O) groups is 1. The van der Waals surface area contributed by atoms with Crippen LogP contribution >= 0.6 is 28.6 Å². The maximum Gasteiger partial charge on any atom is 0.252 e. The van der Waals surface area contributed by atoms with E-state index in [0.29, 0.717) is 17.0 Å². The van der Waals surface area contributed by atoms with Crippen molar-refractivity contribution in [2.75, 3.05) is 0 Å². The van der Waals surface area contributed by atoms with Crippen molar-refractivity contribution in [3.8, 4) is 0 Å². The van der Waals surface area contributed by atoms with Crippen molar-refractivity contribution in [3.05, 3.63) is 45.7 Å². The predicted molar refractivity (Wildman–Crippen MR) is 80.5 cm³/mol. The van der Waals surface area contributed by atoms with E-state index in [0.717, 1.165) is 15.7 Å². The zero-order valence-corrected chi connectivity index (χ0v) is 13.1. The normalized spacial score (nSPS) is 10.5. The van der Waals surface area contributed by atoms with Crippen LogP contribution in [-0.4, -0.2) is 15.7 Å². The Labute approximate surface area is 125 Å². The van der Waals surface area contributed by atoms with E-state index in [2.05, 4.69) is 39.0 Å². The van der Waals surface area contributed by atoms with Crippen LogP contribution in [0.3, 0.4) is 0 Å². The van der Waals surface area contributed by atoms with Crippen molar-refractivity contribution < 1.29 is 4.79 Å². The summed E-state index contributed by atoms with van der Waals surface area (Å²) in [5.74, 6) is -0.138. The summed E-state index contributed by atoms with van der Waals surface area (Å²) in [5, 5.41) is 7.01. The highest BCUT2D eigenvalue weighted by atomic mass is 79.9. The van der Waals surface area contributed by atoms with Crippen LogP contribution in [0.2, 0.25) is 0 Å². The van der Waals surface area contributed by atoms with E-state index in [9.17, 15) is 4.79 Å². The van der Waals surface area contributed by atoms with E-state index in [1.165, 1.54) is 0 Å². The number of rotatable bonds is 3. The number of hydrogen-bond donors (Lipinski definition) is 2. The topological polar surface area (TPSA) is 46.9 Å². The van der Waals surface area contributed by atoms with Crippen LogP contribution in [-0.2, 0) is 13.6 Å². The van der Waals surface area contributed by atoms with Crippen LogP contribution in [0.5, 0.6) is 0 Å². The first-order valence-corrected chi connectivity index (χ1v) is 6.97. The first kappa shape index (κ1) is 14.1. The molecular formula is C13H14BrN3OS. The molecule has 6 heteroatoms. The largest absolute Gasteiger partial charge is 0.348 e. The summed E-state index contributed by atoms with van der Waals surface area (Å²) in [6.07, 6.45) is 1.76. The Morgan fingerprint density at radius 2 is 2.26 bits per heavy atom. The summed E-state index contributed by atoms with van der Waals surface area (Å²) in [6.45, 7) is 2.43. The molecule has 0 fully saturated rings. The number of nitrogens with one attached hydrogen (secondary N) is 1. The molecule has 2 rings (SSSR count). The fourth-order valence-electron chi connectivity index (χ4n) is 1.69. The van der Waals surface area contributed by atoms with E-state index < -0.39 is 0 Å². The third kappa shape index (κ3) is 3.19. The first-order chi connectivity index (χ1) is 8.99. The van der Waals surface area contributed by atoms with Gasteiger partial charge in [-0.2, -0.15) is 5.10 Å². The zero-order valence-electron chi connectivity index (χ0n) is 10.6. The number of aryl methyl sites for hydroxylation is 1. The molecule has 0 atom stereocenters. The van der Waals surface area contributed by atoms with Gasteiger partial charge in [0.25, 0.3) is 5.91 Å². The van der Waals surface area contributed by atoms with Crippen LogP contribution in [0.25, 0.3) is 0 Å². The SMILES string of the molecule is Cc1c(CNC(=O)c2ccc(Br)cc2S)cnn1C. The summed E-state index contributed by atoms with van der Waals surface area (Å²) in [4.78, 5) is 12.7. The molecule has 4 nitrogen and oxygen atoms in total. The summed E-state index contributed by atoms with van der Waals surface area (Å²) in [7, 11) is 1.88. The lowest BCUT2D eigenvalue weighted by Crippen LogP contribution is -2.23. The van der Waals surface area contributed by atoms with Crippen molar-refractivity contribution in [2.45, 2.75) is 18.4 Å². The molecule has 1 N–H and O–H groups in total. The van der Waals surface area contributed by atoms with Crippen molar-refractivity contribution in [1.82, 2.24) is 15.1 Å². The fourth-order valence-corrected chi connectivity index (χ4v) is 2.54. The maximum absolute atomic E-state index is 12.1. The standard InChI is InChI=1S/C13H14BrN3OS/c1-8-9(7-16-17(8)2)6-15-13(18)11-4-3-10(14)5-12(11)19/h3-5,7,19H,6H2,1-2H3,(H,15,18). The lowest BCUT2D eigenvalue weighted by Gasteiger charge is -2.07. The van der Waals surface area contributed by atoms with Crippen molar-refractivity contribution in [1.29, 1.82) is 0 Å². The molecule has 0 unspecified atom stereocenters. The molecule has 0 bridgehead atoms. The van der Waals surface area contributed by atoms with Crippen LogP contribution in [0.1, 0.15) is 21.6 Å². The van der Waals surface area contributed by atoms with Crippen LogP contribution in [0, 0.1) is 6.92 Å². The summed E-state index contributed by atoms with van der Waals surface area (Å²) in [5.41, 5.74) is 2.61. The molecule has 1 heterocycles. The second-order valence-electron chi connectivity index (χ2n) is 4.22. The van der Waals surface area contributed by atoms with Crippen molar-refractivity contribution >= 4 is 34.5 Å². The average molecular weight is 340 g/mol. The maximum atomic E-state index is 12.1. The number of hydrogen-bond acceptors (Lipinski definition) is 3. The number of benzene rings is 1. The van der Waals surface area contributed by atoms with Crippen LogP contribution in [0.15, 0.2) is 33.8 Å². The Morgan fingerprint density at radius 3 is 2.84 bits per heavy atom. The van der Waals surface area contributed by atoms with Gasteiger partial charge in [-0.05, 0) is 25.1 Å². The number of thiol groups is 1. The Bertz CT molecular complexity index is 624. The second kappa shape index (κ2) is 5.79. The van der Waals surface area contributed by atoms with Crippen LogP contribution in [0.4, 0.5) is 0 Å². The number of nitrogens with zero attached hydrogens (tertiary/aromatic N) is 2. The highest BCUT2D eigenvalue weighted by molar-refractivity contribution is 9.10. The Balaban J connectivity index is 2.07. The van der Waals surface area contributed by atoms with E-state index >= 15 is 0 Å². The van der Waals surface area contributed by atoms with E-state index in [1.54, 1.807) is 23.0 Å². The molecule has 1 aromatic carbocycles. The Morgan fingerprint density at radius 1 is 1.53 bits per heavy atom. The molecule has 0 radical (unpaired) electrons. The van der Waals surface area contributed by atoms with Gasteiger partial charge < -0.3 is 5.32 Å². The van der Waals surface area contributed by atoms with Gasteiger partial charge in [0.15, 0.2) is 0 Å².